The number of hydrogen-bond donors (Lipinski definition) is 3. The molecule has 0 aliphatic rings. The molecule has 2 unspecified atom stereocenters. The smallest absolute Gasteiger partial charge is 0.315 e. The first-order valence-electron chi connectivity index (χ1n) is 6.54. The van der Waals surface area contributed by atoms with Crippen molar-refractivity contribution in [3.05, 3.63) is 0 Å². The lowest BCUT2D eigenvalue weighted by Gasteiger charge is -2.30. The second kappa shape index (κ2) is 7.99. The van der Waals surface area contributed by atoms with E-state index in [9.17, 15) is 9.59 Å². The molecule has 2 atom stereocenters. The van der Waals surface area contributed by atoms with Gasteiger partial charge in [0.15, 0.2) is 0 Å². The van der Waals surface area contributed by atoms with Gasteiger partial charge in [0.25, 0.3) is 0 Å². The van der Waals surface area contributed by atoms with Crippen molar-refractivity contribution in [3.63, 3.8) is 0 Å². The van der Waals surface area contributed by atoms with E-state index in [0.717, 1.165) is 0 Å². The van der Waals surface area contributed by atoms with Crippen molar-refractivity contribution < 1.29 is 19.4 Å². The first-order chi connectivity index (χ1) is 8.66. The molecule has 2 amide bonds. The Balaban J connectivity index is 4.28. The molecule has 0 aromatic heterocycles. The molecule has 0 saturated carbocycles. The maximum atomic E-state index is 11.7. The Morgan fingerprint density at radius 2 is 1.89 bits per heavy atom. The van der Waals surface area contributed by atoms with Crippen LogP contribution in [-0.2, 0) is 9.53 Å². The highest BCUT2D eigenvalue weighted by Crippen LogP contribution is 2.21. The minimum absolute atomic E-state index is 0.0664. The van der Waals surface area contributed by atoms with Crippen molar-refractivity contribution in [2.45, 2.75) is 53.2 Å². The predicted molar refractivity (Wildman–Crippen MR) is 73.1 cm³/mol. The minimum atomic E-state index is -0.928. The highest BCUT2D eigenvalue weighted by molar-refractivity contribution is 5.75. The number of urea groups is 1. The van der Waals surface area contributed by atoms with Crippen LogP contribution in [-0.4, -0.2) is 42.4 Å². The number of amides is 2. The number of rotatable bonds is 7. The fourth-order valence-corrected chi connectivity index (χ4v) is 1.54. The second-order valence-electron chi connectivity index (χ2n) is 5.64. The standard InChI is InChI=1S/C13H26N2O4/c1-6-19-9(2)8-14-12(18)15-10(7-11(16)17)13(3,4)5/h9-10H,6-8H2,1-5H3,(H,16,17)(H2,14,15,18). The maximum Gasteiger partial charge on any atom is 0.315 e. The van der Waals surface area contributed by atoms with Gasteiger partial charge in [-0.1, -0.05) is 20.8 Å². The summed E-state index contributed by atoms with van der Waals surface area (Å²) in [6.45, 7) is 10.4. The molecule has 0 radical (unpaired) electrons. The minimum Gasteiger partial charge on any atom is -0.481 e. The molecular formula is C13H26N2O4. The number of hydrogen-bond acceptors (Lipinski definition) is 3. The highest BCUT2D eigenvalue weighted by Gasteiger charge is 2.28. The van der Waals surface area contributed by atoms with E-state index in [1.165, 1.54) is 0 Å². The molecular weight excluding hydrogens is 248 g/mol. The molecule has 0 saturated heterocycles. The summed E-state index contributed by atoms with van der Waals surface area (Å²) in [4.78, 5) is 22.5. The number of aliphatic carboxylic acids is 1. The lowest BCUT2D eigenvalue weighted by molar-refractivity contribution is -0.138. The summed E-state index contributed by atoms with van der Waals surface area (Å²) in [7, 11) is 0. The van der Waals surface area contributed by atoms with E-state index < -0.39 is 12.0 Å². The molecule has 0 aliphatic carbocycles. The zero-order chi connectivity index (χ0) is 15.1. The Kier molecular flexibility index (Phi) is 7.44. The van der Waals surface area contributed by atoms with Crippen LogP contribution in [0, 0.1) is 5.41 Å². The zero-order valence-corrected chi connectivity index (χ0v) is 12.4. The van der Waals surface area contributed by atoms with Gasteiger partial charge in [-0.2, -0.15) is 0 Å². The summed E-state index contributed by atoms with van der Waals surface area (Å²) in [6.07, 6.45) is -0.166. The molecule has 19 heavy (non-hydrogen) atoms. The van der Waals surface area contributed by atoms with Crippen LogP contribution in [0.1, 0.15) is 41.0 Å². The summed E-state index contributed by atoms with van der Waals surface area (Å²) in [5.74, 6) is -0.928. The second-order valence-corrected chi connectivity index (χ2v) is 5.64. The van der Waals surface area contributed by atoms with E-state index in [2.05, 4.69) is 10.6 Å². The van der Waals surface area contributed by atoms with Gasteiger partial charge in [0.1, 0.15) is 0 Å². The van der Waals surface area contributed by atoms with Crippen molar-refractivity contribution in [2.24, 2.45) is 5.41 Å². The van der Waals surface area contributed by atoms with Crippen LogP contribution < -0.4 is 10.6 Å². The first-order valence-corrected chi connectivity index (χ1v) is 6.54. The van der Waals surface area contributed by atoms with Gasteiger partial charge < -0.3 is 20.5 Å². The Labute approximate surface area is 114 Å². The third-order valence-electron chi connectivity index (χ3n) is 2.73. The van der Waals surface area contributed by atoms with Crippen LogP contribution in [0.3, 0.4) is 0 Å². The molecule has 112 valence electrons. The van der Waals surface area contributed by atoms with Crippen molar-refractivity contribution in [3.8, 4) is 0 Å². The van der Waals surface area contributed by atoms with Crippen molar-refractivity contribution >= 4 is 12.0 Å². The fraction of sp³-hybridized carbons (Fsp3) is 0.846. The number of carboxylic acid groups (broad SMARTS) is 1. The molecule has 0 aliphatic heterocycles. The Morgan fingerprint density at radius 1 is 1.32 bits per heavy atom. The lowest BCUT2D eigenvalue weighted by atomic mass is 9.85. The average Bonchev–Trinajstić information content (AvgIpc) is 2.24. The van der Waals surface area contributed by atoms with E-state index in [1.807, 2.05) is 34.6 Å². The number of ether oxygens (including phenoxy) is 1. The summed E-state index contributed by atoms with van der Waals surface area (Å²) in [6, 6.07) is -0.792. The summed E-state index contributed by atoms with van der Waals surface area (Å²) in [5, 5.41) is 14.2. The van der Waals surface area contributed by atoms with E-state index in [4.69, 9.17) is 9.84 Å². The number of carboxylic acids is 1. The summed E-state index contributed by atoms with van der Waals surface area (Å²) >= 11 is 0. The molecule has 6 heteroatoms. The van der Waals surface area contributed by atoms with E-state index in [-0.39, 0.29) is 24.0 Å². The molecule has 0 heterocycles. The number of nitrogens with one attached hydrogen (secondary N) is 2. The Bertz CT molecular complexity index is 300. The van der Waals surface area contributed by atoms with Crippen molar-refractivity contribution in [2.75, 3.05) is 13.2 Å². The maximum absolute atomic E-state index is 11.7. The first kappa shape index (κ1) is 17.7. The Hall–Kier alpha value is -1.30. The van der Waals surface area contributed by atoms with Gasteiger partial charge in [-0.15, -0.1) is 0 Å². The molecule has 0 aromatic rings. The van der Waals surface area contributed by atoms with E-state index in [0.29, 0.717) is 13.2 Å². The van der Waals surface area contributed by atoms with Crippen LogP contribution >= 0.6 is 0 Å². The number of carbonyl (C=O) groups is 2. The van der Waals surface area contributed by atoms with E-state index >= 15 is 0 Å². The van der Waals surface area contributed by atoms with Crippen molar-refractivity contribution in [1.82, 2.24) is 10.6 Å². The lowest BCUT2D eigenvalue weighted by Crippen LogP contribution is -2.50. The van der Waals surface area contributed by atoms with Gasteiger partial charge >= 0.3 is 12.0 Å². The van der Waals surface area contributed by atoms with Crippen LogP contribution in [0.4, 0.5) is 4.79 Å². The SMILES string of the molecule is CCOC(C)CNC(=O)NC(CC(=O)O)C(C)(C)C. The zero-order valence-electron chi connectivity index (χ0n) is 12.4. The molecule has 0 aromatic carbocycles. The molecule has 0 fully saturated rings. The third kappa shape index (κ3) is 8.42. The van der Waals surface area contributed by atoms with Gasteiger partial charge in [0.05, 0.1) is 12.5 Å². The van der Waals surface area contributed by atoms with Crippen molar-refractivity contribution in [1.29, 1.82) is 0 Å². The van der Waals surface area contributed by atoms with Gasteiger partial charge in [-0.05, 0) is 19.3 Å². The molecule has 0 bridgehead atoms. The number of carbonyl (C=O) groups excluding carboxylic acids is 1. The van der Waals surface area contributed by atoms with Crippen LogP contribution in [0.5, 0.6) is 0 Å². The summed E-state index contributed by atoms with van der Waals surface area (Å²) in [5.41, 5.74) is -0.318. The summed E-state index contributed by atoms with van der Waals surface area (Å²) < 4.78 is 5.29. The average molecular weight is 274 g/mol. The largest absolute Gasteiger partial charge is 0.481 e. The highest BCUT2D eigenvalue weighted by atomic mass is 16.5. The van der Waals surface area contributed by atoms with Crippen LogP contribution in [0.15, 0.2) is 0 Å². The Morgan fingerprint density at radius 3 is 2.32 bits per heavy atom. The third-order valence-corrected chi connectivity index (χ3v) is 2.73. The molecule has 0 spiro atoms. The van der Waals surface area contributed by atoms with Crippen LogP contribution in [0.2, 0.25) is 0 Å². The topological polar surface area (TPSA) is 87.7 Å². The monoisotopic (exact) mass is 274 g/mol. The quantitative estimate of drug-likeness (QED) is 0.658. The molecule has 3 N–H and O–H groups in total. The predicted octanol–water partition coefficient (Wildman–Crippen LogP) is 1.60. The van der Waals surface area contributed by atoms with Gasteiger partial charge in [-0.3, -0.25) is 4.79 Å². The normalized spacial score (nSPS) is 14.6. The van der Waals surface area contributed by atoms with Gasteiger partial charge in [0, 0.05) is 19.2 Å². The van der Waals surface area contributed by atoms with E-state index in [1.54, 1.807) is 0 Å². The van der Waals surface area contributed by atoms with Gasteiger partial charge in [0.2, 0.25) is 0 Å². The molecule has 0 rings (SSSR count). The molecule has 6 nitrogen and oxygen atoms in total. The van der Waals surface area contributed by atoms with Gasteiger partial charge in [-0.25, -0.2) is 4.79 Å². The van der Waals surface area contributed by atoms with Crippen LogP contribution in [0.25, 0.3) is 0 Å². The fourth-order valence-electron chi connectivity index (χ4n) is 1.54.